The SMILES string of the molecule is OCCCC1CCC(c2ccccc2)N1. The summed E-state index contributed by atoms with van der Waals surface area (Å²) in [6.45, 7) is 0.314. The molecule has 0 radical (unpaired) electrons. The third-order valence-electron chi connectivity index (χ3n) is 3.15. The van der Waals surface area contributed by atoms with Crippen LogP contribution in [0.15, 0.2) is 30.3 Å². The highest BCUT2D eigenvalue weighted by Crippen LogP contribution is 2.27. The average molecular weight is 205 g/mol. The molecule has 0 aromatic heterocycles. The summed E-state index contributed by atoms with van der Waals surface area (Å²) < 4.78 is 0. The Labute approximate surface area is 91.3 Å². The van der Waals surface area contributed by atoms with Crippen LogP contribution in [0.4, 0.5) is 0 Å². The molecule has 0 amide bonds. The first-order chi connectivity index (χ1) is 7.40. The van der Waals surface area contributed by atoms with Crippen LogP contribution in [0.3, 0.4) is 0 Å². The van der Waals surface area contributed by atoms with E-state index in [1.54, 1.807) is 0 Å². The van der Waals surface area contributed by atoms with E-state index in [1.165, 1.54) is 18.4 Å². The molecular formula is C13H19NO. The molecule has 2 unspecified atom stereocenters. The third kappa shape index (κ3) is 2.80. The molecule has 15 heavy (non-hydrogen) atoms. The summed E-state index contributed by atoms with van der Waals surface area (Å²) in [5.41, 5.74) is 1.39. The minimum Gasteiger partial charge on any atom is -0.396 e. The lowest BCUT2D eigenvalue weighted by Gasteiger charge is -2.14. The quantitative estimate of drug-likeness (QED) is 0.790. The number of aliphatic hydroxyl groups excluding tert-OH is 1. The van der Waals surface area contributed by atoms with Crippen molar-refractivity contribution in [1.29, 1.82) is 0 Å². The predicted octanol–water partition coefficient (Wildman–Crippen LogP) is 2.25. The summed E-state index contributed by atoms with van der Waals surface area (Å²) >= 11 is 0. The van der Waals surface area contributed by atoms with E-state index in [-0.39, 0.29) is 0 Å². The molecule has 2 N–H and O–H groups in total. The van der Waals surface area contributed by atoms with Gasteiger partial charge in [-0.1, -0.05) is 30.3 Å². The highest BCUT2D eigenvalue weighted by atomic mass is 16.2. The van der Waals surface area contributed by atoms with Gasteiger partial charge < -0.3 is 10.4 Å². The van der Waals surface area contributed by atoms with Crippen LogP contribution in [0.25, 0.3) is 0 Å². The number of nitrogens with one attached hydrogen (secondary N) is 1. The van der Waals surface area contributed by atoms with Crippen molar-refractivity contribution in [3.8, 4) is 0 Å². The van der Waals surface area contributed by atoms with E-state index in [2.05, 4.69) is 35.6 Å². The Morgan fingerprint density at radius 2 is 2.00 bits per heavy atom. The van der Waals surface area contributed by atoms with Crippen LogP contribution < -0.4 is 5.32 Å². The summed E-state index contributed by atoms with van der Waals surface area (Å²) in [7, 11) is 0. The van der Waals surface area contributed by atoms with E-state index >= 15 is 0 Å². The van der Waals surface area contributed by atoms with E-state index in [0.717, 1.165) is 12.8 Å². The lowest BCUT2D eigenvalue weighted by Crippen LogP contribution is -2.24. The van der Waals surface area contributed by atoms with Crippen molar-refractivity contribution < 1.29 is 5.11 Å². The number of benzene rings is 1. The van der Waals surface area contributed by atoms with Crippen LogP contribution in [0, 0.1) is 0 Å². The first-order valence-corrected chi connectivity index (χ1v) is 5.82. The Hall–Kier alpha value is -0.860. The number of aliphatic hydroxyl groups is 1. The molecule has 0 spiro atoms. The third-order valence-corrected chi connectivity index (χ3v) is 3.15. The fourth-order valence-electron chi connectivity index (χ4n) is 2.33. The van der Waals surface area contributed by atoms with Gasteiger partial charge in [-0.2, -0.15) is 0 Å². The zero-order chi connectivity index (χ0) is 10.5. The number of hydrogen-bond acceptors (Lipinski definition) is 2. The highest BCUT2D eigenvalue weighted by molar-refractivity contribution is 5.20. The lowest BCUT2D eigenvalue weighted by atomic mass is 10.1. The summed E-state index contributed by atoms with van der Waals surface area (Å²) in [6.07, 6.45) is 4.47. The van der Waals surface area contributed by atoms with Crippen LogP contribution in [0.1, 0.15) is 37.3 Å². The van der Waals surface area contributed by atoms with Crippen molar-refractivity contribution in [1.82, 2.24) is 5.32 Å². The van der Waals surface area contributed by atoms with Crippen LogP contribution in [-0.4, -0.2) is 17.8 Å². The molecule has 2 rings (SSSR count). The van der Waals surface area contributed by atoms with E-state index in [9.17, 15) is 0 Å². The minimum atomic E-state index is 0.314. The minimum absolute atomic E-state index is 0.314. The van der Waals surface area contributed by atoms with Gasteiger partial charge in [0.2, 0.25) is 0 Å². The summed E-state index contributed by atoms with van der Waals surface area (Å²) in [5, 5.41) is 12.4. The topological polar surface area (TPSA) is 32.3 Å². The van der Waals surface area contributed by atoms with Gasteiger partial charge in [-0.15, -0.1) is 0 Å². The fourth-order valence-corrected chi connectivity index (χ4v) is 2.33. The van der Waals surface area contributed by atoms with Crippen molar-refractivity contribution in [2.75, 3.05) is 6.61 Å². The zero-order valence-electron chi connectivity index (χ0n) is 9.02. The van der Waals surface area contributed by atoms with Gasteiger partial charge in [-0.05, 0) is 31.2 Å². The molecule has 2 nitrogen and oxygen atoms in total. The normalized spacial score (nSPS) is 25.7. The second-order valence-corrected chi connectivity index (χ2v) is 4.27. The van der Waals surface area contributed by atoms with E-state index < -0.39 is 0 Å². The van der Waals surface area contributed by atoms with Crippen molar-refractivity contribution in [3.63, 3.8) is 0 Å². The molecule has 0 aliphatic carbocycles. The summed E-state index contributed by atoms with van der Waals surface area (Å²) in [5.74, 6) is 0. The maximum Gasteiger partial charge on any atom is 0.0431 e. The second-order valence-electron chi connectivity index (χ2n) is 4.27. The Morgan fingerprint density at radius 3 is 2.73 bits per heavy atom. The van der Waals surface area contributed by atoms with Gasteiger partial charge >= 0.3 is 0 Å². The molecule has 0 saturated carbocycles. The second kappa shape index (κ2) is 5.29. The van der Waals surface area contributed by atoms with Gasteiger partial charge in [0.25, 0.3) is 0 Å². The Kier molecular flexibility index (Phi) is 3.75. The maximum absolute atomic E-state index is 8.78. The van der Waals surface area contributed by atoms with Crippen LogP contribution in [0.5, 0.6) is 0 Å². The standard InChI is InChI=1S/C13H19NO/c15-10-4-7-12-8-9-13(14-12)11-5-2-1-3-6-11/h1-3,5-6,12-15H,4,7-10H2. The van der Waals surface area contributed by atoms with Crippen molar-refractivity contribution in [2.24, 2.45) is 0 Å². The van der Waals surface area contributed by atoms with Gasteiger partial charge in [-0.3, -0.25) is 0 Å². The zero-order valence-corrected chi connectivity index (χ0v) is 9.02. The van der Waals surface area contributed by atoms with E-state index in [4.69, 9.17) is 5.11 Å². The smallest absolute Gasteiger partial charge is 0.0431 e. The molecule has 82 valence electrons. The largest absolute Gasteiger partial charge is 0.396 e. The molecule has 1 saturated heterocycles. The molecule has 1 aromatic carbocycles. The van der Waals surface area contributed by atoms with Gasteiger partial charge in [0, 0.05) is 18.7 Å². The van der Waals surface area contributed by atoms with Crippen molar-refractivity contribution in [2.45, 2.75) is 37.8 Å². The van der Waals surface area contributed by atoms with Crippen LogP contribution in [0.2, 0.25) is 0 Å². The molecule has 2 atom stereocenters. The Bertz CT molecular complexity index is 286. The molecule has 1 aliphatic heterocycles. The lowest BCUT2D eigenvalue weighted by molar-refractivity contribution is 0.276. The first kappa shape index (κ1) is 10.7. The van der Waals surface area contributed by atoms with Crippen molar-refractivity contribution >= 4 is 0 Å². The van der Waals surface area contributed by atoms with Crippen molar-refractivity contribution in [3.05, 3.63) is 35.9 Å². The number of rotatable bonds is 4. The predicted molar refractivity (Wildman–Crippen MR) is 61.7 cm³/mol. The van der Waals surface area contributed by atoms with E-state index in [1.807, 2.05) is 0 Å². The Morgan fingerprint density at radius 1 is 1.20 bits per heavy atom. The fraction of sp³-hybridized carbons (Fsp3) is 0.538. The molecule has 1 fully saturated rings. The summed E-state index contributed by atoms with van der Waals surface area (Å²) in [4.78, 5) is 0. The molecule has 2 heteroatoms. The van der Waals surface area contributed by atoms with Crippen LogP contribution in [-0.2, 0) is 0 Å². The monoisotopic (exact) mass is 205 g/mol. The number of hydrogen-bond donors (Lipinski definition) is 2. The molecule has 0 bridgehead atoms. The highest BCUT2D eigenvalue weighted by Gasteiger charge is 2.23. The van der Waals surface area contributed by atoms with Gasteiger partial charge in [-0.25, -0.2) is 0 Å². The van der Waals surface area contributed by atoms with Crippen LogP contribution >= 0.6 is 0 Å². The Balaban J connectivity index is 1.87. The summed E-state index contributed by atoms with van der Waals surface area (Å²) in [6, 6.07) is 11.7. The maximum atomic E-state index is 8.78. The first-order valence-electron chi connectivity index (χ1n) is 5.82. The van der Waals surface area contributed by atoms with Gasteiger partial charge in [0.05, 0.1) is 0 Å². The molecule has 1 aliphatic rings. The van der Waals surface area contributed by atoms with Gasteiger partial charge in [0.1, 0.15) is 0 Å². The molecule has 1 heterocycles. The average Bonchev–Trinajstić information content (AvgIpc) is 2.76. The van der Waals surface area contributed by atoms with Gasteiger partial charge in [0.15, 0.2) is 0 Å². The molecule has 1 aromatic rings. The van der Waals surface area contributed by atoms with E-state index in [0.29, 0.717) is 18.7 Å². The molecular weight excluding hydrogens is 186 g/mol.